The Morgan fingerprint density at radius 2 is 2.08 bits per heavy atom. The molecule has 1 N–H and O–H groups in total. The Morgan fingerprint density at radius 3 is 2.86 bits per heavy atom. The van der Waals surface area contributed by atoms with E-state index in [4.69, 9.17) is 9.47 Å². The van der Waals surface area contributed by atoms with Gasteiger partial charge in [-0.05, 0) is 24.6 Å². The van der Waals surface area contributed by atoms with Crippen LogP contribution >= 0.6 is 0 Å². The third kappa shape index (κ3) is 4.04. The van der Waals surface area contributed by atoms with Gasteiger partial charge in [0.15, 0.2) is 11.4 Å². The summed E-state index contributed by atoms with van der Waals surface area (Å²) in [4.78, 5) is 27.7. The van der Waals surface area contributed by atoms with Gasteiger partial charge in [-0.1, -0.05) is 6.58 Å². The Labute approximate surface area is 210 Å². The summed E-state index contributed by atoms with van der Waals surface area (Å²) in [5, 5.41) is 13.3. The molecule has 0 aromatic carbocycles. The first kappa shape index (κ1) is 22.8. The third-order valence-electron chi connectivity index (χ3n) is 7.59. The smallest absolute Gasteiger partial charge is 0.246 e. The molecule has 10 heteroatoms. The SMILES string of the molecule is C=CC(=O)N1CC[C@@H](N2CC(c3cc4c(c(C#N)n3)OCc3c(N5CCOCC5)ccnc3N4)C2)C1. The van der Waals surface area contributed by atoms with E-state index in [0.717, 1.165) is 74.1 Å². The van der Waals surface area contributed by atoms with E-state index in [0.29, 0.717) is 31.6 Å². The fourth-order valence-electron chi connectivity index (χ4n) is 5.55. The second-order valence-corrected chi connectivity index (χ2v) is 9.64. The van der Waals surface area contributed by atoms with Gasteiger partial charge in [0, 0.05) is 68.8 Å². The van der Waals surface area contributed by atoms with Crippen LogP contribution < -0.4 is 15.0 Å². The molecule has 0 bridgehead atoms. The average Bonchev–Trinajstić information content (AvgIpc) is 3.28. The Bertz CT molecular complexity index is 1230. The number of hydrogen-bond donors (Lipinski definition) is 1. The van der Waals surface area contributed by atoms with Crippen LogP contribution in [-0.4, -0.2) is 84.2 Å². The molecule has 6 heterocycles. The molecule has 0 unspecified atom stereocenters. The lowest BCUT2D eigenvalue weighted by atomic mass is 9.92. The second kappa shape index (κ2) is 9.41. The van der Waals surface area contributed by atoms with Crippen molar-refractivity contribution >= 4 is 23.1 Å². The number of nitrogens with zero attached hydrogens (tertiary/aromatic N) is 6. The number of likely N-dealkylation sites (tertiary alicyclic amines) is 2. The van der Waals surface area contributed by atoms with Crippen LogP contribution in [0.1, 0.15) is 29.3 Å². The Balaban J connectivity index is 1.21. The Hall–Kier alpha value is -3.68. The molecule has 2 aromatic rings. The van der Waals surface area contributed by atoms with Crippen molar-refractivity contribution in [2.24, 2.45) is 0 Å². The van der Waals surface area contributed by atoms with Gasteiger partial charge in [0.25, 0.3) is 0 Å². The lowest BCUT2D eigenvalue weighted by molar-refractivity contribution is -0.125. The van der Waals surface area contributed by atoms with E-state index in [1.54, 1.807) is 6.20 Å². The molecule has 0 radical (unpaired) electrons. The van der Waals surface area contributed by atoms with E-state index in [9.17, 15) is 10.1 Å². The molecule has 36 heavy (non-hydrogen) atoms. The highest BCUT2D eigenvalue weighted by atomic mass is 16.5. The van der Waals surface area contributed by atoms with Gasteiger partial charge in [0.05, 0.1) is 24.5 Å². The van der Waals surface area contributed by atoms with Gasteiger partial charge < -0.3 is 24.6 Å². The number of pyridine rings is 2. The van der Waals surface area contributed by atoms with Crippen molar-refractivity contribution in [2.45, 2.75) is 25.0 Å². The maximum atomic E-state index is 11.9. The number of nitriles is 1. The van der Waals surface area contributed by atoms with Crippen LogP contribution in [0.25, 0.3) is 0 Å². The molecule has 0 aliphatic carbocycles. The van der Waals surface area contributed by atoms with Gasteiger partial charge in [0.2, 0.25) is 5.91 Å². The number of amides is 1. The number of carbonyl (C=O) groups is 1. The minimum atomic E-state index is -0.00241. The number of anilines is 3. The molecule has 1 atom stereocenters. The molecule has 6 rings (SSSR count). The number of nitrogens with one attached hydrogen (secondary N) is 1. The summed E-state index contributed by atoms with van der Waals surface area (Å²) in [7, 11) is 0. The molecule has 3 fully saturated rings. The molecule has 0 spiro atoms. The van der Waals surface area contributed by atoms with E-state index >= 15 is 0 Å². The normalized spacial score (nSPS) is 21.8. The highest BCUT2D eigenvalue weighted by molar-refractivity contribution is 5.87. The van der Waals surface area contributed by atoms with E-state index in [1.165, 1.54) is 6.08 Å². The van der Waals surface area contributed by atoms with Gasteiger partial charge in [-0.3, -0.25) is 9.69 Å². The molecule has 2 aromatic heterocycles. The quantitative estimate of drug-likeness (QED) is 0.648. The van der Waals surface area contributed by atoms with Crippen LogP contribution in [0.5, 0.6) is 5.75 Å². The maximum Gasteiger partial charge on any atom is 0.246 e. The zero-order valence-electron chi connectivity index (χ0n) is 20.2. The predicted octanol–water partition coefficient (Wildman–Crippen LogP) is 2.01. The van der Waals surface area contributed by atoms with E-state index in [1.807, 2.05) is 17.0 Å². The molecule has 0 saturated carbocycles. The average molecular weight is 488 g/mol. The first-order valence-corrected chi connectivity index (χ1v) is 12.5. The summed E-state index contributed by atoms with van der Waals surface area (Å²) in [6, 6.07) is 6.60. The van der Waals surface area contributed by atoms with E-state index in [-0.39, 0.29) is 17.5 Å². The number of hydrogen-bond acceptors (Lipinski definition) is 9. The van der Waals surface area contributed by atoms with E-state index in [2.05, 4.69) is 37.7 Å². The monoisotopic (exact) mass is 487 g/mol. The summed E-state index contributed by atoms with van der Waals surface area (Å²) in [5.41, 5.74) is 3.94. The topological polar surface area (TPSA) is 107 Å². The van der Waals surface area contributed by atoms with Crippen molar-refractivity contribution in [2.75, 3.05) is 62.7 Å². The zero-order chi connectivity index (χ0) is 24.6. The highest BCUT2D eigenvalue weighted by Gasteiger charge is 2.38. The maximum absolute atomic E-state index is 11.9. The van der Waals surface area contributed by atoms with Crippen LogP contribution in [0, 0.1) is 11.3 Å². The minimum Gasteiger partial charge on any atom is -0.483 e. The van der Waals surface area contributed by atoms with Crippen LogP contribution in [0.2, 0.25) is 0 Å². The summed E-state index contributed by atoms with van der Waals surface area (Å²) in [6.07, 6.45) is 4.16. The standard InChI is InChI=1S/C26H29N7O3/c1-2-24(34)32-6-4-18(15-32)33-13-17(14-33)20-11-21-25(22(12-27)29-20)36-16-19-23(3-5-28-26(19)30-21)31-7-9-35-10-8-31/h2-3,5,11,17-18H,1,4,6-10,13-16H2,(H,28,30)/t18-/m1/s1. The Kier molecular flexibility index (Phi) is 5.95. The number of aromatic nitrogens is 2. The summed E-state index contributed by atoms with van der Waals surface area (Å²) in [6.45, 7) is 10.1. The van der Waals surface area contributed by atoms with E-state index < -0.39 is 0 Å². The summed E-state index contributed by atoms with van der Waals surface area (Å²) in [5.74, 6) is 1.44. The number of fused-ring (bicyclic) bond motifs is 2. The first-order valence-electron chi connectivity index (χ1n) is 12.5. The predicted molar refractivity (Wildman–Crippen MR) is 133 cm³/mol. The lowest BCUT2D eigenvalue weighted by Gasteiger charge is -2.43. The van der Waals surface area contributed by atoms with Crippen LogP contribution in [-0.2, 0) is 16.1 Å². The van der Waals surface area contributed by atoms with Crippen LogP contribution in [0.3, 0.4) is 0 Å². The largest absolute Gasteiger partial charge is 0.483 e. The van der Waals surface area contributed by atoms with Gasteiger partial charge in [-0.25, -0.2) is 9.97 Å². The zero-order valence-corrected chi connectivity index (χ0v) is 20.2. The fraction of sp³-hybridized carbons (Fsp3) is 0.462. The van der Waals surface area contributed by atoms with Gasteiger partial charge in [-0.15, -0.1) is 0 Å². The van der Waals surface area contributed by atoms with Gasteiger partial charge in [0.1, 0.15) is 18.5 Å². The minimum absolute atomic E-state index is 0.00241. The van der Waals surface area contributed by atoms with Crippen molar-refractivity contribution in [1.82, 2.24) is 19.8 Å². The number of ether oxygens (including phenoxy) is 2. The highest BCUT2D eigenvalue weighted by Crippen LogP contribution is 2.41. The molecule has 3 saturated heterocycles. The molecular weight excluding hydrogens is 458 g/mol. The number of morpholine rings is 1. The van der Waals surface area contributed by atoms with Crippen LogP contribution in [0.15, 0.2) is 31.0 Å². The second-order valence-electron chi connectivity index (χ2n) is 9.64. The first-order chi connectivity index (χ1) is 17.6. The van der Waals surface area contributed by atoms with Crippen LogP contribution in [0.4, 0.5) is 17.2 Å². The molecule has 4 aliphatic heterocycles. The Morgan fingerprint density at radius 1 is 1.25 bits per heavy atom. The molecule has 1 amide bonds. The molecule has 10 nitrogen and oxygen atoms in total. The third-order valence-corrected chi connectivity index (χ3v) is 7.59. The number of rotatable bonds is 4. The van der Waals surface area contributed by atoms with Gasteiger partial charge >= 0.3 is 0 Å². The molecular formula is C26H29N7O3. The van der Waals surface area contributed by atoms with Crippen molar-refractivity contribution in [3.05, 3.63) is 47.9 Å². The van der Waals surface area contributed by atoms with Crippen molar-refractivity contribution in [3.8, 4) is 11.8 Å². The summed E-state index contributed by atoms with van der Waals surface area (Å²) >= 11 is 0. The number of carbonyl (C=O) groups excluding carboxylic acids is 1. The fourth-order valence-corrected chi connectivity index (χ4v) is 5.55. The summed E-state index contributed by atoms with van der Waals surface area (Å²) < 4.78 is 11.7. The van der Waals surface area contributed by atoms with Crippen molar-refractivity contribution in [3.63, 3.8) is 0 Å². The molecule has 4 aliphatic rings. The van der Waals surface area contributed by atoms with Gasteiger partial charge in [-0.2, -0.15) is 5.26 Å². The molecule has 186 valence electrons. The van der Waals surface area contributed by atoms with Crippen molar-refractivity contribution in [1.29, 1.82) is 5.26 Å². The lowest BCUT2D eigenvalue weighted by Crippen LogP contribution is -2.52. The van der Waals surface area contributed by atoms with Crippen molar-refractivity contribution < 1.29 is 14.3 Å².